The lowest BCUT2D eigenvalue weighted by atomic mass is 9.92. The number of esters is 2. The minimum absolute atomic E-state index is 0.181. The van der Waals surface area contributed by atoms with Crippen LogP contribution in [0.5, 0.6) is 0 Å². The van der Waals surface area contributed by atoms with Gasteiger partial charge >= 0.3 is 11.9 Å². The average molecular weight is 331 g/mol. The third-order valence-electron chi connectivity index (χ3n) is 4.34. The molecule has 0 N–H and O–H groups in total. The summed E-state index contributed by atoms with van der Waals surface area (Å²) in [6.45, 7) is 4.34. The van der Waals surface area contributed by atoms with Gasteiger partial charge in [0.25, 0.3) is 0 Å². The molecule has 3 fully saturated rings. The summed E-state index contributed by atoms with van der Waals surface area (Å²) in [4.78, 5) is 23.0. The molecule has 3 saturated heterocycles. The van der Waals surface area contributed by atoms with E-state index >= 15 is 0 Å². The SMILES string of the molecule is C=C(C)C(=O)OCC(=O)OC1C2CC3C(O2)C1N(C)S3(=O)=O. The molecule has 0 aliphatic carbocycles. The maximum atomic E-state index is 12.2. The molecular weight excluding hydrogens is 314 g/mol. The van der Waals surface area contributed by atoms with Gasteiger partial charge in [-0.3, -0.25) is 0 Å². The molecule has 0 aromatic rings. The number of carbonyl (C=O) groups is 2. The Hall–Kier alpha value is -1.45. The normalized spacial score (nSPS) is 38.0. The monoisotopic (exact) mass is 331 g/mol. The van der Waals surface area contributed by atoms with Gasteiger partial charge in [0.2, 0.25) is 10.0 Å². The lowest BCUT2D eigenvalue weighted by molar-refractivity contribution is -0.163. The molecule has 2 bridgehead atoms. The predicted molar refractivity (Wildman–Crippen MR) is 73.2 cm³/mol. The van der Waals surface area contributed by atoms with Crippen molar-refractivity contribution in [2.24, 2.45) is 0 Å². The van der Waals surface area contributed by atoms with Gasteiger partial charge in [-0.15, -0.1) is 0 Å². The second-order valence-corrected chi connectivity index (χ2v) is 7.99. The van der Waals surface area contributed by atoms with E-state index in [1.54, 1.807) is 0 Å². The average Bonchev–Trinajstić information content (AvgIpc) is 3.05. The lowest BCUT2D eigenvalue weighted by Crippen LogP contribution is -2.46. The number of likely N-dealkylation sites (N-methyl/N-ethyl adjacent to an activating group) is 1. The fourth-order valence-electron chi connectivity index (χ4n) is 3.29. The van der Waals surface area contributed by atoms with Crippen LogP contribution in [0.3, 0.4) is 0 Å². The van der Waals surface area contributed by atoms with E-state index in [2.05, 4.69) is 6.58 Å². The number of hydrogen-bond donors (Lipinski definition) is 0. The number of rotatable bonds is 4. The van der Waals surface area contributed by atoms with Crippen LogP contribution in [-0.4, -0.2) is 67.9 Å². The summed E-state index contributed by atoms with van der Waals surface area (Å²) in [6.07, 6.45) is -1.24. The molecule has 8 nitrogen and oxygen atoms in total. The van der Waals surface area contributed by atoms with Gasteiger partial charge in [-0.2, -0.15) is 4.31 Å². The van der Waals surface area contributed by atoms with Gasteiger partial charge in [0.1, 0.15) is 11.4 Å². The Morgan fingerprint density at radius 3 is 2.73 bits per heavy atom. The van der Waals surface area contributed by atoms with Crippen molar-refractivity contribution in [1.29, 1.82) is 0 Å². The molecule has 0 aromatic heterocycles. The summed E-state index contributed by atoms with van der Waals surface area (Å²) in [5, 5.41) is -0.552. The van der Waals surface area contributed by atoms with Crippen LogP contribution in [0.4, 0.5) is 0 Å². The molecule has 5 unspecified atom stereocenters. The molecule has 0 spiro atoms. The van der Waals surface area contributed by atoms with Crippen LogP contribution >= 0.6 is 0 Å². The van der Waals surface area contributed by atoms with Crippen LogP contribution in [0.25, 0.3) is 0 Å². The molecule has 0 amide bonds. The highest BCUT2D eigenvalue weighted by Crippen LogP contribution is 2.48. The van der Waals surface area contributed by atoms with E-state index in [9.17, 15) is 18.0 Å². The zero-order chi connectivity index (χ0) is 16.2. The third kappa shape index (κ3) is 2.15. The molecule has 122 valence electrons. The minimum Gasteiger partial charge on any atom is -0.455 e. The molecule has 0 radical (unpaired) electrons. The van der Waals surface area contributed by atoms with E-state index < -0.39 is 58.2 Å². The maximum absolute atomic E-state index is 12.2. The van der Waals surface area contributed by atoms with Gasteiger partial charge < -0.3 is 14.2 Å². The second kappa shape index (κ2) is 5.04. The standard InChI is InChI=1S/C13H17NO7S/c1-6(2)13(16)19-5-9(15)21-11-7-4-8-12(20-7)10(11)14(3)22(8,17)18/h7-8,10-12H,1,4-5H2,2-3H3. The summed E-state index contributed by atoms with van der Waals surface area (Å²) >= 11 is 0. The fourth-order valence-corrected chi connectivity index (χ4v) is 5.30. The van der Waals surface area contributed by atoms with Gasteiger partial charge in [-0.1, -0.05) is 6.58 Å². The van der Waals surface area contributed by atoms with Crippen LogP contribution in [0, 0.1) is 0 Å². The van der Waals surface area contributed by atoms with Crippen molar-refractivity contribution in [1.82, 2.24) is 4.31 Å². The molecular formula is C13H17NO7S. The van der Waals surface area contributed by atoms with E-state index in [0.29, 0.717) is 6.42 Å². The van der Waals surface area contributed by atoms with E-state index in [4.69, 9.17) is 14.2 Å². The highest BCUT2D eigenvalue weighted by atomic mass is 32.2. The van der Waals surface area contributed by atoms with Gasteiger partial charge in [0.05, 0.1) is 18.2 Å². The summed E-state index contributed by atoms with van der Waals surface area (Å²) < 4.78 is 41.2. The Morgan fingerprint density at radius 1 is 1.41 bits per heavy atom. The Labute approximate surface area is 128 Å². The van der Waals surface area contributed by atoms with Crippen molar-refractivity contribution >= 4 is 22.0 Å². The van der Waals surface area contributed by atoms with Crippen LogP contribution in [0.15, 0.2) is 12.2 Å². The summed E-state index contributed by atoms with van der Waals surface area (Å²) in [7, 11) is -1.93. The van der Waals surface area contributed by atoms with Gasteiger partial charge in [0, 0.05) is 12.6 Å². The quantitative estimate of drug-likeness (QED) is 0.491. The fraction of sp³-hybridized carbons (Fsp3) is 0.692. The lowest BCUT2D eigenvalue weighted by Gasteiger charge is -2.25. The smallest absolute Gasteiger partial charge is 0.344 e. The molecule has 3 rings (SSSR count). The molecule has 3 aliphatic heterocycles. The number of carbonyl (C=O) groups excluding carboxylic acids is 2. The molecule has 3 aliphatic rings. The largest absolute Gasteiger partial charge is 0.455 e. The number of sulfonamides is 1. The summed E-state index contributed by atoms with van der Waals surface area (Å²) in [5.74, 6) is -1.41. The Kier molecular flexibility index (Phi) is 3.54. The van der Waals surface area contributed by atoms with Crippen molar-refractivity contribution in [2.75, 3.05) is 13.7 Å². The van der Waals surface area contributed by atoms with E-state index in [-0.39, 0.29) is 5.57 Å². The maximum Gasteiger partial charge on any atom is 0.344 e. The number of fused-ring (bicyclic) bond motifs is 1. The van der Waals surface area contributed by atoms with E-state index in [0.717, 1.165) is 0 Å². The van der Waals surface area contributed by atoms with Crippen molar-refractivity contribution < 1.29 is 32.2 Å². The Morgan fingerprint density at radius 2 is 2.09 bits per heavy atom. The van der Waals surface area contributed by atoms with Crippen LogP contribution in [0.2, 0.25) is 0 Å². The number of hydrogen-bond acceptors (Lipinski definition) is 7. The summed E-state index contributed by atoms with van der Waals surface area (Å²) in [5.41, 5.74) is 0.181. The zero-order valence-corrected chi connectivity index (χ0v) is 13.0. The van der Waals surface area contributed by atoms with Crippen molar-refractivity contribution in [2.45, 2.75) is 42.9 Å². The van der Waals surface area contributed by atoms with Crippen LogP contribution in [-0.2, 0) is 33.8 Å². The first-order chi connectivity index (χ1) is 10.2. The van der Waals surface area contributed by atoms with Crippen LogP contribution in [0.1, 0.15) is 13.3 Å². The minimum atomic E-state index is -3.40. The van der Waals surface area contributed by atoms with E-state index in [1.165, 1.54) is 18.3 Å². The first-order valence-electron chi connectivity index (χ1n) is 6.88. The van der Waals surface area contributed by atoms with Gasteiger partial charge in [-0.05, 0) is 13.3 Å². The second-order valence-electron chi connectivity index (χ2n) is 5.78. The van der Waals surface area contributed by atoms with Crippen LogP contribution < -0.4 is 0 Å². The topological polar surface area (TPSA) is 99.2 Å². The molecule has 3 heterocycles. The predicted octanol–water partition coefficient (Wildman–Crippen LogP) is -0.799. The third-order valence-corrected chi connectivity index (χ3v) is 6.62. The van der Waals surface area contributed by atoms with Crippen molar-refractivity contribution in [3.8, 4) is 0 Å². The molecule has 22 heavy (non-hydrogen) atoms. The molecule has 0 aromatic carbocycles. The first-order valence-corrected chi connectivity index (χ1v) is 8.38. The Balaban J connectivity index is 1.64. The van der Waals surface area contributed by atoms with E-state index in [1.807, 2.05) is 0 Å². The van der Waals surface area contributed by atoms with Crippen molar-refractivity contribution in [3.63, 3.8) is 0 Å². The number of ether oxygens (including phenoxy) is 3. The van der Waals surface area contributed by atoms with Gasteiger partial charge in [-0.25, -0.2) is 18.0 Å². The highest BCUT2D eigenvalue weighted by Gasteiger charge is 2.68. The molecule has 5 atom stereocenters. The van der Waals surface area contributed by atoms with Crippen molar-refractivity contribution in [3.05, 3.63) is 12.2 Å². The molecule has 0 saturated carbocycles. The molecule has 9 heteroatoms. The first kappa shape index (κ1) is 15.4. The summed E-state index contributed by atoms with van der Waals surface area (Å²) in [6, 6.07) is -0.505. The highest BCUT2D eigenvalue weighted by molar-refractivity contribution is 7.90. The number of nitrogens with zero attached hydrogens (tertiary/aromatic N) is 1. The van der Waals surface area contributed by atoms with Gasteiger partial charge in [0.15, 0.2) is 6.61 Å². The zero-order valence-electron chi connectivity index (χ0n) is 12.2. The Bertz CT molecular complexity index is 643.